The molecule has 0 radical (unpaired) electrons. The van der Waals surface area contributed by atoms with E-state index in [1.165, 1.54) is 0 Å². The van der Waals surface area contributed by atoms with E-state index in [9.17, 15) is 0 Å². The maximum atomic E-state index is 9.05. The molecule has 0 atom stereocenters. The number of hydrogen-bond acceptors (Lipinski definition) is 4. The summed E-state index contributed by atoms with van der Waals surface area (Å²) in [6.45, 7) is 0. The fourth-order valence-electron chi connectivity index (χ4n) is 1.71. The zero-order valence-corrected chi connectivity index (χ0v) is 12.6. The second-order valence-corrected chi connectivity index (χ2v) is 5.73. The zero-order chi connectivity index (χ0) is 14.4. The lowest BCUT2D eigenvalue weighted by Crippen LogP contribution is -1.94. The van der Waals surface area contributed by atoms with Crippen LogP contribution in [0, 0.1) is 11.3 Å². The topological polar surface area (TPSA) is 33.0 Å². The molecule has 0 heterocycles. The molecule has 0 aliphatic carbocycles. The molecule has 20 heavy (non-hydrogen) atoms. The van der Waals surface area contributed by atoms with Crippen LogP contribution in [-0.2, 0) is 5.75 Å². The van der Waals surface area contributed by atoms with Gasteiger partial charge in [0.05, 0.1) is 22.9 Å². The number of nitriles is 1. The lowest BCUT2D eigenvalue weighted by Gasteiger charge is -2.06. The predicted molar refractivity (Wildman–Crippen MR) is 87.1 cm³/mol. The largest absolute Gasteiger partial charge is 0.497 e. The summed E-state index contributed by atoms with van der Waals surface area (Å²) in [6.07, 6.45) is 0. The second-order valence-electron chi connectivity index (χ2n) is 4.07. The zero-order valence-electron chi connectivity index (χ0n) is 11.0. The number of thioether (sulfide) groups is 1. The van der Waals surface area contributed by atoms with Gasteiger partial charge in [-0.2, -0.15) is 5.26 Å². The van der Waals surface area contributed by atoms with Crippen molar-refractivity contribution >= 4 is 28.2 Å². The van der Waals surface area contributed by atoms with Crippen LogP contribution in [0.2, 0.25) is 0 Å². The quantitative estimate of drug-likeness (QED) is 0.793. The van der Waals surface area contributed by atoms with Crippen molar-refractivity contribution in [3.05, 3.63) is 65.2 Å². The van der Waals surface area contributed by atoms with Crippen LogP contribution >= 0.6 is 24.0 Å². The molecule has 2 rings (SSSR count). The van der Waals surface area contributed by atoms with Crippen molar-refractivity contribution in [2.24, 2.45) is 0 Å². The predicted octanol–water partition coefficient (Wildman–Crippen LogP) is 4.18. The highest BCUT2D eigenvalue weighted by Gasteiger charge is 2.06. The average Bonchev–Trinajstić information content (AvgIpc) is 2.53. The third-order valence-corrected chi connectivity index (χ3v) is 4.36. The third-order valence-electron chi connectivity index (χ3n) is 2.82. The van der Waals surface area contributed by atoms with Gasteiger partial charge in [-0.15, -0.1) is 11.8 Å². The Kier molecular flexibility index (Phi) is 5.16. The Morgan fingerprint density at radius 2 is 1.90 bits per heavy atom. The first-order valence-electron chi connectivity index (χ1n) is 6.04. The van der Waals surface area contributed by atoms with Gasteiger partial charge in [0.25, 0.3) is 0 Å². The van der Waals surface area contributed by atoms with Crippen molar-refractivity contribution < 1.29 is 4.74 Å². The number of benzene rings is 2. The molecular weight excluding hydrogens is 286 g/mol. The molecule has 0 bridgehead atoms. The molecule has 0 aliphatic heterocycles. The van der Waals surface area contributed by atoms with Crippen LogP contribution in [0.5, 0.6) is 5.75 Å². The smallest absolute Gasteiger partial charge is 0.118 e. The molecular formula is C16H13NOS2. The molecule has 2 nitrogen and oxygen atoms in total. The summed E-state index contributed by atoms with van der Waals surface area (Å²) in [4.78, 5) is 0. The van der Waals surface area contributed by atoms with Gasteiger partial charge in [0, 0.05) is 5.75 Å². The van der Waals surface area contributed by atoms with Gasteiger partial charge in [0.15, 0.2) is 0 Å². The van der Waals surface area contributed by atoms with Crippen LogP contribution in [-0.4, -0.2) is 11.3 Å². The number of rotatable bonds is 4. The minimum Gasteiger partial charge on any atom is -0.497 e. The summed E-state index contributed by atoms with van der Waals surface area (Å²) >= 11 is 6.98. The van der Waals surface area contributed by atoms with E-state index in [0.29, 0.717) is 11.3 Å². The van der Waals surface area contributed by atoms with E-state index in [2.05, 4.69) is 6.07 Å². The van der Waals surface area contributed by atoms with Crippen LogP contribution in [0.25, 0.3) is 0 Å². The molecule has 4 heteroatoms. The molecule has 100 valence electrons. The summed E-state index contributed by atoms with van der Waals surface area (Å²) in [5.74, 6) is 1.52. The number of methoxy groups -OCH3 is 1. The Hall–Kier alpha value is -1.83. The standard InChI is InChI=1S/C16H13NOS2/c1-18-15-8-6-12(7-9-15)16(19)20-11-14-5-3-2-4-13(14)10-17/h2-9H,11H2,1H3. The summed E-state index contributed by atoms with van der Waals surface area (Å²) < 4.78 is 5.94. The van der Waals surface area contributed by atoms with Gasteiger partial charge >= 0.3 is 0 Å². The van der Waals surface area contributed by atoms with E-state index in [1.807, 2.05) is 48.5 Å². The molecule has 0 unspecified atom stereocenters. The van der Waals surface area contributed by atoms with Gasteiger partial charge in [-0.25, -0.2) is 0 Å². The molecule has 0 spiro atoms. The molecule has 0 fully saturated rings. The van der Waals surface area contributed by atoms with Crippen molar-refractivity contribution in [3.8, 4) is 11.8 Å². The lowest BCUT2D eigenvalue weighted by molar-refractivity contribution is 0.415. The average molecular weight is 299 g/mol. The SMILES string of the molecule is COc1ccc(C(=S)SCc2ccccc2C#N)cc1. The summed E-state index contributed by atoms with van der Waals surface area (Å²) in [7, 11) is 1.64. The van der Waals surface area contributed by atoms with Crippen LogP contribution in [0.15, 0.2) is 48.5 Å². The fourth-order valence-corrected chi connectivity index (χ4v) is 2.86. The Labute approximate surface area is 128 Å². The summed E-state index contributed by atoms with van der Waals surface area (Å²) in [5, 5.41) is 9.05. The van der Waals surface area contributed by atoms with E-state index < -0.39 is 0 Å². The summed E-state index contributed by atoms with van der Waals surface area (Å²) in [6, 6.07) is 17.5. The van der Waals surface area contributed by atoms with Gasteiger partial charge < -0.3 is 4.74 Å². The first kappa shape index (κ1) is 14.6. The van der Waals surface area contributed by atoms with Gasteiger partial charge in [0.2, 0.25) is 0 Å². The number of ether oxygens (including phenoxy) is 1. The highest BCUT2D eigenvalue weighted by molar-refractivity contribution is 8.23. The monoisotopic (exact) mass is 299 g/mol. The molecule has 0 saturated carbocycles. The van der Waals surface area contributed by atoms with Gasteiger partial charge in [-0.05, 0) is 41.5 Å². The minimum atomic E-state index is 0.703. The highest BCUT2D eigenvalue weighted by Crippen LogP contribution is 2.22. The van der Waals surface area contributed by atoms with Crippen molar-refractivity contribution in [1.29, 1.82) is 5.26 Å². The van der Waals surface area contributed by atoms with E-state index in [0.717, 1.165) is 21.1 Å². The highest BCUT2D eigenvalue weighted by atomic mass is 32.2. The van der Waals surface area contributed by atoms with Crippen molar-refractivity contribution in [3.63, 3.8) is 0 Å². The maximum Gasteiger partial charge on any atom is 0.118 e. The van der Waals surface area contributed by atoms with Crippen molar-refractivity contribution in [2.45, 2.75) is 5.75 Å². The van der Waals surface area contributed by atoms with Crippen molar-refractivity contribution in [2.75, 3.05) is 7.11 Å². The van der Waals surface area contributed by atoms with Crippen LogP contribution in [0.4, 0.5) is 0 Å². The van der Waals surface area contributed by atoms with Crippen LogP contribution in [0.1, 0.15) is 16.7 Å². The Balaban J connectivity index is 2.03. The molecule has 0 N–H and O–H groups in total. The van der Waals surface area contributed by atoms with E-state index in [-0.39, 0.29) is 0 Å². The van der Waals surface area contributed by atoms with E-state index >= 15 is 0 Å². The maximum absolute atomic E-state index is 9.05. The third kappa shape index (κ3) is 3.60. The van der Waals surface area contributed by atoms with E-state index in [1.54, 1.807) is 18.9 Å². The summed E-state index contributed by atoms with van der Waals surface area (Å²) in [5.41, 5.74) is 2.72. The second kappa shape index (κ2) is 7.09. The van der Waals surface area contributed by atoms with E-state index in [4.69, 9.17) is 22.2 Å². The lowest BCUT2D eigenvalue weighted by atomic mass is 10.1. The fraction of sp³-hybridized carbons (Fsp3) is 0.125. The molecule has 2 aromatic carbocycles. The van der Waals surface area contributed by atoms with Crippen LogP contribution in [0.3, 0.4) is 0 Å². The number of nitrogens with zero attached hydrogens (tertiary/aromatic N) is 1. The Bertz CT molecular complexity index is 644. The normalized spacial score (nSPS) is 9.80. The van der Waals surface area contributed by atoms with Gasteiger partial charge in [0.1, 0.15) is 5.75 Å². The van der Waals surface area contributed by atoms with Crippen LogP contribution < -0.4 is 4.74 Å². The molecule has 0 aromatic heterocycles. The molecule has 0 amide bonds. The Morgan fingerprint density at radius 3 is 2.55 bits per heavy atom. The molecule has 2 aromatic rings. The van der Waals surface area contributed by atoms with Gasteiger partial charge in [-0.3, -0.25) is 0 Å². The first-order chi connectivity index (χ1) is 9.74. The minimum absolute atomic E-state index is 0.703. The molecule has 0 saturated heterocycles. The number of thiocarbonyl (C=S) groups is 1. The van der Waals surface area contributed by atoms with Crippen molar-refractivity contribution in [1.82, 2.24) is 0 Å². The first-order valence-corrected chi connectivity index (χ1v) is 7.43. The molecule has 0 aliphatic rings. The van der Waals surface area contributed by atoms with Gasteiger partial charge in [-0.1, -0.05) is 30.4 Å². The Morgan fingerprint density at radius 1 is 1.20 bits per heavy atom. The number of hydrogen-bond donors (Lipinski definition) is 0.